The van der Waals surface area contributed by atoms with Crippen LogP contribution >= 0.6 is 7.82 Å². The van der Waals surface area contributed by atoms with Crippen LogP contribution in [0.1, 0.15) is 239 Å². The third kappa shape index (κ3) is 42.1. The van der Waals surface area contributed by atoms with Crippen LogP contribution in [-0.2, 0) is 32.7 Å². The zero-order valence-electron chi connectivity index (χ0n) is 36.8. The second kappa shape index (κ2) is 43.1. The van der Waals surface area contributed by atoms with Gasteiger partial charge in [0.1, 0.15) is 6.61 Å². The third-order valence-corrected chi connectivity index (χ3v) is 11.4. The summed E-state index contributed by atoms with van der Waals surface area (Å²) in [5.74, 6) is -0.797. The largest absolute Gasteiger partial charge is 0.472 e. The highest BCUT2D eigenvalue weighted by Gasteiger charge is 2.24. The van der Waals surface area contributed by atoms with Gasteiger partial charge in [-0.15, -0.1) is 0 Å². The molecule has 0 spiro atoms. The molecule has 9 heteroatoms. The number of phosphoric ester groups is 1. The van der Waals surface area contributed by atoms with Gasteiger partial charge in [0.25, 0.3) is 0 Å². The molecule has 0 rings (SSSR count). The molecule has 0 amide bonds. The molecular weight excluding hydrogens is 723 g/mol. The van der Waals surface area contributed by atoms with Crippen molar-refractivity contribution >= 4 is 19.8 Å². The number of carbonyl (C=O) groups is 2. The molecule has 0 aromatic carbocycles. The van der Waals surface area contributed by atoms with E-state index >= 15 is 0 Å². The van der Waals surface area contributed by atoms with Crippen molar-refractivity contribution in [1.29, 1.82) is 0 Å². The van der Waals surface area contributed by atoms with Gasteiger partial charge in [-0.1, -0.05) is 205 Å². The minimum Gasteiger partial charge on any atom is -0.462 e. The molecule has 0 aliphatic carbocycles. The molecule has 330 valence electrons. The number of hydrogen-bond acceptors (Lipinski definition) is 7. The summed E-state index contributed by atoms with van der Waals surface area (Å²) in [5, 5.41) is 0. The summed E-state index contributed by atoms with van der Waals surface area (Å²) in [6, 6.07) is 0. The average molecular weight is 813 g/mol. The summed E-state index contributed by atoms with van der Waals surface area (Å²) < 4.78 is 32.1. The monoisotopic (exact) mass is 813 g/mol. The number of unbranched alkanes of at least 4 members (excludes halogenated alkanes) is 29. The highest BCUT2D eigenvalue weighted by Crippen LogP contribution is 2.42. The van der Waals surface area contributed by atoms with Crippen molar-refractivity contribution in [3.05, 3.63) is 24.3 Å². The van der Waals surface area contributed by atoms with Crippen LogP contribution < -0.4 is 0 Å². The fourth-order valence-electron chi connectivity index (χ4n) is 6.81. The molecule has 0 saturated carbocycles. The maximum Gasteiger partial charge on any atom is 0.472 e. The third-order valence-electron chi connectivity index (χ3n) is 10.4. The van der Waals surface area contributed by atoms with Crippen molar-refractivity contribution in [3.8, 4) is 0 Å². The number of rotatable bonds is 44. The Labute approximate surface area is 345 Å². The van der Waals surface area contributed by atoms with Gasteiger partial charge in [-0.3, -0.25) is 18.6 Å². The van der Waals surface area contributed by atoms with Crippen molar-refractivity contribution in [3.63, 3.8) is 0 Å². The number of allylic oxidation sites excluding steroid dienone is 4. The number of hydrogen-bond donors (Lipinski definition) is 1. The van der Waals surface area contributed by atoms with Crippen molar-refractivity contribution in [1.82, 2.24) is 0 Å². The zero-order chi connectivity index (χ0) is 41.1. The van der Waals surface area contributed by atoms with Crippen molar-refractivity contribution in [2.75, 3.05) is 20.3 Å². The number of esters is 2. The first-order chi connectivity index (χ1) is 27.3. The average Bonchev–Trinajstić information content (AvgIpc) is 3.19. The fourth-order valence-corrected chi connectivity index (χ4v) is 7.27. The smallest absolute Gasteiger partial charge is 0.462 e. The van der Waals surface area contributed by atoms with E-state index in [2.05, 4.69) is 42.7 Å². The zero-order valence-corrected chi connectivity index (χ0v) is 37.7. The van der Waals surface area contributed by atoms with Gasteiger partial charge in [0.05, 0.1) is 6.61 Å². The van der Waals surface area contributed by atoms with Gasteiger partial charge in [0.15, 0.2) is 6.10 Å². The lowest BCUT2D eigenvalue weighted by atomic mass is 10.0. The normalized spacial score (nSPS) is 13.4. The molecular formula is C47H89O8P. The molecule has 1 N–H and O–H groups in total. The lowest BCUT2D eigenvalue weighted by Crippen LogP contribution is -2.29. The van der Waals surface area contributed by atoms with E-state index in [-0.39, 0.29) is 19.0 Å². The van der Waals surface area contributed by atoms with E-state index in [4.69, 9.17) is 14.0 Å². The fraction of sp³-hybridized carbons (Fsp3) is 0.872. The Kier molecular flexibility index (Phi) is 42.0. The van der Waals surface area contributed by atoms with Crippen molar-refractivity contribution in [2.45, 2.75) is 245 Å². The molecule has 0 aliphatic heterocycles. The minimum absolute atomic E-state index is 0.222. The minimum atomic E-state index is -4.26. The van der Waals surface area contributed by atoms with Crippen molar-refractivity contribution in [2.24, 2.45) is 0 Å². The van der Waals surface area contributed by atoms with Crippen LogP contribution in [0.5, 0.6) is 0 Å². The quantitative estimate of drug-likeness (QED) is 0.0280. The van der Waals surface area contributed by atoms with Crippen LogP contribution in [-0.4, -0.2) is 43.3 Å². The van der Waals surface area contributed by atoms with E-state index in [1.807, 2.05) is 0 Å². The first kappa shape index (κ1) is 54.5. The number of phosphoric acid groups is 1. The maximum atomic E-state index is 12.5. The predicted molar refractivity (Wildman–Crippen MR) is 235 cm³/mol. The van der Waals surface area contributed by atoms with Crippen LogP contribution in [0.4, 0.5) is 0 Å². The van der Waals surface area contributed by atoms with Crippen molar-refractivity contribution < 1.29 is 37.6 Å². The van der Waals surface area contributed by atoms with E-state index in [0.717, 1.165) is 52.1 Å². The van der Waals surface area contributed by atoms with Crippen LogP contribution in [0.15, 0.2) is 24.3 Å². The second-order valence-electron chi connectivity index (χ2n) is 15.9. The summed E-state index contributed by atoms with van der Waals surface area (Å²) in [6.45, 7) is 3.91. The molecule has 0 bridgehead atoms. The topological polar surface area (TPSA) is 108 Å². The standard InChI is InChI=1S/C47H89O8P/c1-4-6-8-10-12-14-16-18-20-22-23-24-25-26-28-30-32-34-36-38-40-42-47(49)55-45(44-54-56(50,51)52-3)43-53-46(48)41-39-37-35-33-31-29-27-21-19-17-15-13-11-9-7-5-2/h16,18,22-23,45H,4-15,17,19-21,24-44H2,1-3H3,(H,50,51)/b18-16-,23-22-. The van der Waals surface area contributed by atoms with Gasteiger partial charge in [-0.2, -0.15) is 0 Å². The van der Waals surface area contributed by atoms with Crippen LogP contribution in [0.25, 0.3) is 0 Å². The summed E-state index contributed by atoms with van der Waals surface area (Å²) in [7, 11) is -3.20. The van der Waals surface area contributed by atoms with Gasteiger partial charge in [-0.25, -0.2) is 4.57 Å². The Hall–Kier alpha value is -1.47. The Bertz CT molecular complexity index is 968. The SMILES string of the molecule is CCCCCCC/C=C\C/C=C\CCCCCCCCCCCC(=O)OC(COC(=O)CCCCCCCCCCCCCCCCCC)COP(=O)(O)OC. The molecule has 56 heavy (non-hydrogen) atoms. The number of ether oxygens (including phenoxy) is 2. The van der Waals surface area contributed by atoms with E-state index in [0.29, 0.717) is 12.8 Å². The van der Waals surface area contributed by atoms with E-state index in [1.54, 1.807) is 0 Å². The Morgan fingerprint density at radius 3 is 1.25 bits per heavy atom. The van der Waals surface area contributed by atoms with Gasteiger partial charge >= 0.3 is 19.8 Å². The van der Waals surface area contributed by atoms with E-state index < -0.39 is 26.5 Å². The molecule has 0 radical (unpaired) electrons. The maximum absolute atomic E-state index is 12.5. The molecule has 0 aliphatic rings. The second-order valence-corrected chi connectivity index (χ2v) is 17.5. The summed E-state index contributed by atoms with van der Waals surface area (Å²) in [5.41, 5.74) is 0. The molecule has 2 unspecified atom stereocenters. The highest BCUT2D eigenvalue weighted by molar-refractivity contribution is 7.47. The first-order valence-electron chi connectivity index (χ1n) is 23.5. The van der Waals surface area contributed by atoms with Gasteiger partial charge < -0.3 is 14.4 Å². The molecule has 0 aromatic rings. The number of carbonyl (C=O) groups excluding carboxylic acids is 2. The molecule has 8 nitrogen and oxygen atoms in total. The summed E-state index contributed by atoms with van der Waals surface area (Å²) in [4.78, 5) is 34.6. The predicted octanol–water partition coefficient (Wildman–Crippen LogP) is 15.0. The molecule has 0 fully saturated rings. The Morgan fingerprint density at radius 2 is 0.857 bits per heavy atom. The van der Waals surface area contributed by atoms with Gasteiger partial charge in [0, 0.05) is 20.0 Å². The van der Waals surface area contributed by atoms with Gasteiger partial charge in [-0.05, 0) is 44.9 Å². The first-order valence-corrected chi connectivity index (χ1v) is 25.0. The molecule has 0 saturated heterocycles. The van der Waals surface area contributed by atoms with Gasteiger partial charge in [0.2, 0.25) is 0 Å². The highest BCUT2D eigenvalue weighted by atomic mass is 31.2. The van der Waals surface area contributed by atoms with E-state index in [9.17, 15) is 19.0 Å². The lowest BCUT2D eigenvalue weighted by molar-refractivity contribution is -0.161. The summed E-state index contributed by atoms with van der Waals surface area (Å²) in [6.07, 6.45) is 49.4. The lowest BCUT2D eigenvalue weighted by Gasteiger charge is -2.19. The molecule has 2 atom stereocenters. The molecule has 0 aromatic heterocycles. The van der Waals surface area contributed by atoms with Crippen LogP contribution in [0, 0.1) is 0 Å². The molecule has 0 heterocycles. The summed E-state index contributed by atoms with van der Waals surface area (Å²) >= 11 is 0. The van der Waals surface area contributed by atoms with E-state index in [1.165, 1.54) is 161 Å². The van der Waals surface area contributed by atoms with Crippen LogP contribution in [0.3, 0.4) is 0 Å². The van der Waals surface area contributed by atoms with Crippen LogP contribution in [0.2, 0.25) is 0 Å². The Morgan fingerprint density at radius 1 is 0.500 bits per heavy atom. The Balaban J connectivity index is 3.93.